The molecular weight excluding hydrogens is 172 g/mol. The molecule has 2 nitrogen and oxygen atoms in total. The molecule has 0 aromatic carbocycles. The van der Waals surface area contributed by atoms with Gasteiger partial charge in [0.2, 0.25) is 0 Å². The van der Waals surface area contributed by atoms with Gasteiger partial charge in [-0.25, -0.2) is 0 Å². The van der Waals surface area contributed by atoms with E-state index in [0.717, 1.165) is 11.2 Å². The standard InChI is InChI=1S/C9H8O2S/c1-7(11)2-3-8-4-5-9(6-10)12-8/h4-7,11H,1H3/t7-/m0/s1. The number of aliphatic hydroxyl groups excluding tert-OH is 1. The molecule has 1 N–H and O–H groups in total. The lowest BCUT2D eigenvalue weighted by molar-refractivity contribution is 0.112. The van der Waals surface area contributed by atoms with Crippen LogP contribution in [0.15, 0.2) is 12.1 Å². The number of hydrogen-bond donors (Lipinski definition) is 1. The van der Waals surface area contributed by atoms with Crippen LogP contribution in [0.4, 0.5) is 0 Å². The van der Waals surface area contributed by atoms with Gasteiger partial charge in [0, 0.05) is 0 Å². The van der Waals surface area contributed by atoms with E-state index in [0.29, 0.717) is 4.88 Å². The lowest BCUT2D eigenvalue weighted by Gasteiger charge is -1.85. The first-order chi connectivity index (χ1) is 5.72. The van der Waals surface area contributed by atoms with Crippen molar-refractivity contribution >= 4 is 17.6 Å². The summed E-state index contributed by atoms with van der Waals surface area (Å²) in [6.07, 6.45) is 0.171. The minimum atomic E-state index is -0.619. The Hall–Kier alpha value is -1.11. The van der Waals surface area contributed by atoms with Crippen molar-refractivity contribution in [2.24, 2.45) is 0 Å². The highest BCUT2D eigenvalue weighted by atomic mass is 32.1. The van der Waals surface area contributed by atoms with E-state index in [2.05, 4.69) is 11.8 Å². The van der Waals surface area contributed by atoms with Gasteiger partial charge in [0.25, 0.3) is 0 Å². The number of aldehydes is 1. The lowest BCUT2D eigenvalue weighted by Crippen LogP contribution is -1.91. The molecule has 1 heterocycles. The second kappa shape index (κ2) is 4.05. The molecule has 0 unspecified atom stereocenters. The Morgan fingerprint density at radius 2 is 2.42 bits per heavy atom. The lowest BCUT2D eigenvalue weighted by atomic mass is 10.4. The Balaban J connectivity index is 2.78. The van der Waals surface area contributed by atoms with Gasteiger partial charge in [-0.15, -0.1) is 11.3 Å². The molecule has 0 saturated heterocycles. The van der Waals surface area contributed by atoms with Gasteiger partial charge in [0.1, 0.15) is 6.10 Å². The number of aliphatic hydroxyl groups is 1. The van der Waals surface area contributed by atoms with E-state index in [9.17, 15) is 4.79 Å². The molecule has 0 saturated carbocycles. The average molecular weight is 180 g/mol. The van der Waals surface area contributed by atoms with Crippen molar-refractivity contribution in [3.8, 4) is 11.8 Å². The van der Waals surface area contributed by atoms with Gasteiger partial charge in [-0.05, 0) is 19.1 Å². The summed E-state index contributed by atoms with van der Waals surface area (Å²) in [4.78, 5) is 11.7. The molecule has 0 aliphatic carbocycles. The molecule has 1 atom stereocenters. The molecule has 0 aliphatic heterocycles. The molecule has 0 spiro atoms. The third kappa shape index (κ3) is 2.50. The number of thiophene rings is 1. The first-order valence-electron chi connectivity index (χ1n) is 3.47. The van der Waals surface area contributed by atoms with Gasteiger partial charge in [-0.3, -0.25) is 4.79 Å². The van der Waals surface area contributed by atoms with E-state index in [1.165, 1.54) is 11.3 Å². The van der Waals surface area contributed by atoms with Crippen LogP contribution in [0, 0.1) is 11.8 Å². The highest BCUT2D eigenvalue weighted by Crippen LogP contribution is 2.12. The Labute approximate surface area is 74.9 Å². The van der Waals surface area contributed by atoms with Gasteiger partial charge in [0.05, 0.1) is 9.75 Å². The van der Waals surface area contributed by atoms with Crippen LogP contribution in [0.25, 0.3) is 0 Å². The zero-order chi connectivity index (χ0) is 8.97. The van der Waals surface area contributed by atoms with Gasteiger partial charge in [0.15, 0.2) is 6.29 Å². The maximum Gasteiger partial charge on any atom is 0.160 e. The van der Waals surface area contributed by atoms with Crippen LogP contribution < -0.4 is 0 Å². The largest absolute Gasteiger partial charge is 0.381 e. The monoisotopic (exact) mass is 180 g/mol. The highest BCUT2D eigenvalue weighted by Gasteiger charge is 1.94. The summed E-state index contributed by atoms with van der Waals surface area (Å²) in [6, 6.07) is 3.48. The molecule has 0 aliphatic rings. The van der Waals surface area contributed by atoms with Crippen molar-refractivity contribution in [3.63, 3.8) is 0 Å². The molecule has 1 aromatic heterocycles. The minimum absolute atomic E-state index is 0.619. The van der Waals surface area contributed by atoms with Crippen LogP contribution in [-0.2, 0) is 0 Å². The molecule has 1 aromatic rings. The zero-order valence-corrected chi connectivity index (χ0v) is 7.39. The number of rotatable bonds is 1. The maximum atomic E-state index is 10.3. The Morgan fingerprint density at radius 1 is 1.67 bits per heavy atom. The highest BCUT2D eigenvalue weighted by molar-refractivity contribution is 7.14. The van der Waals surface area contributed by atoms with E-state index in [4.69, 9.17) is 5.11 Å². The SMILES string of the molecule is C[C@H](O)C#Cc1ccc(C=O)s1. The van der Waals surface area contributed by atoms with E-state index in [1.54, 1.807) is 19.1 Å². The van der Waals surface area contributed by atoms with E-state index < -0.39 is 6.10 Å². The van der Waals surface area contributed by atoms with E-state index in [-0.39, 0.29) is 0 Å². The van der Waals surface area contributed by atoms with Gasteiger partial charge in [-0.2, -0.15) is 0 Å². The topological polar surface area (TPSA) is 37.3 Å². The summed E-state index contributed by atoms with van der Waals surface area (Å²) < 4.78 is 0. The van der Waals surface area contributed by atoms with Crippen molar-refractivity contribution in [3.05, 3.63) is 21.9 Å². The maximum absolute atomic E-state index is 10.3. The van der Waals surface area contributed by atoms with Crippen molar-refractivity contribution in [1.82, 2.24) is 0 Å². The van der Waals surface area contributed by atoms with E-state index >= 15 is 0 Å². The average Bonchev–Trinajstić information content (AvgIpc) is 2.48. The van der Waals surface area contributed by atoms with Crippen molar-refractivity contribution < 1.29 is 9.90 Å². The summed E-state index contributed by atoms with van der Waals surface area (Å²) in [6.45, 7) is 1.60. The minimum Gasteiger partial charge on any atom is -0.381 e. The fraction of sp³-hybridized carbons (Fsp3) is 0.222. The van der Waals surface area contributed by atoms with Crippen LogP contribution in [0.3, 0.4) is 0 Å². The van der Waals surface area contributed by atoms with Crippen LogP contribution in [0.1, 0.15) is 21.5 Å². The van der Waals surface area contributed by atoms with Gasteiger partial charge < -0.3 is 5.11 Å². The summed E-state index contributed by atoms with van der Waals surface area (Å²) in [7, 11) is 0. The fourth-order valence-electron chi connectivity index (χ4n) is 0.659. The Morgan fingerprint density at radius 3 is 2.92 bits per heavy atom. The molecule has 1 rings (SSSR count). The third-order valence-corrected chi connectivity index (χ3v) is 2.07. The summed E-state index contributed by atoms with van der Waals surface area (Å²) >= 11 is 1.32. The Bertz CT molecular complexity index is 328. The van der Waals surface area contributed by atoms with Gasteiger partial charge in [-0.1, -0.05) is 11.8 Å². The molecule has 0 fully saturated rings. The number of hydrogen-bond acceptors (Lipinski definition) is 3. The molecular formula is C9H8O2S. The molecule has 0 bridgehead atoms. The zero-order valence-electron chi connectivity index (χ0n) is 6.57. The molecule has 0 amide bonds. The number of carbonyl (C=O) groups excluding carboxylic acids is 1. The van der Waals surface area contributed by atoms with E-state index in [1.807, 2.05) is 0 Å². The second-order valence-corrected chi connectivity index (χ2v) is 3.38. The molecule has 62 valence electrons. The second-order valence-electron chi connectivity index (χ2n) is 2.27. The van der Waals surface area contributed by atoms with Crippen molar-refractivity contribution in [2.45, 2.75) is 13.0 Å². The predicted octanol–water partition coefficient (Wildman–Crippen LogP) is 1.29. The van der Waals surface area contributed by atoms with Crippen LogP contribution in [0.2, 0.25) is 0 Å². The third-order valence-electron chi connectivity index (χ3n) is 1.15. The van der Waals surface area contributed by atoms with Crippen LogP contribution >= 0.6 is 11.3 Å². The van der Waals surface area contributed by atoms with Crippen LogP contribution in [-0.4, -0.2) is 17.5 Å². The first kappa shape index (κ1) is 8.98. The molecule has 0 radical (unpaired) electrons. The summed E-state index contributed by atoms with van der Waals surface area (Å²) in [5.74, 6) is 5.36. The smallest absolute Gasteiger partial charge is 0.160 e. The normalized spacial score (nSPS) is 11.5. The first-order valence-corrected chi connectivity index (χ1v) is 4.28. The fourth-order valence-corrected chi connectivity index (χ4v) is 1.34. The van der Waals surface area contributed by atoms with Crippen molar-refractivity contribution in [1.29, 1.82) is 0 Å². The summed E-state index contributed by atoms with van der Waals surface area (Å²) in [5, 5.41) is 8.84. The van der Waals surface area contributed by atoms with Crippen molar-refractivity contribution in [2.75, 3.05) is 0 Å². The predicted molar refractivity (Wildman–Crippen MR) is 48.3 cm³/mol. The van der Waals surface area contributed by atoms with Gasteiger partial charge >= 0.3 is 0 Å². The van der Waals surface area contributed by atoms with Crippen LogP contribution in [0.5, 0.6) is 0 Å². The molecule has 3 heteroatoms. The Kier molecular flexibility index (Phi) is 3.03. The number of carbonyl (C=O) groups is 1. The molecule has 12 heavy (non-hydrogen) atoms. The quantitative estimate of drug-likeness (QED) is 0.522. The summed E-state index contributed by atoms with van der Waals surface area (Å²) in [5.41, 5.74) is 0.